The van der Waals surface area contributed by atoms with Crippen LogP contribution in [-0.2, 0) is 0 Å². The summed E-state index contributed by atoms with van der Waals surface area (Å²) in [5, 5.41) is 10.8. The number of aromatic nitrogens is 1. The highest BCUT2D eigenvalue weighted by molar-refractivity contribution is 7.07. The molecule has 0 bridgehead atoms. The molecule has 0 unspecified atom stereocenters. The topological polar surface area (TPSA) is 36.7 Å². The van der Waals surface area contributed by atoms with Gasteiger partial charge in [-0.25, -0.2) is 4.98 Å². The number of nitrogens with zero attached hydrogens (tertiary/aromatic N) is 2. The van der Waals surface area contributed by atoms with Gasteiger partial charge in [0.05, 0.1) is 22.8 Å². The van der Waals surface area contributed by atoms with Gasteiger partial charge >= 0.3 is 0 Å². The predicted octanol–water partition coefficient (Wildman–Crippen LogP) is 2.68. The monoisotopic (exact) mass is 186 g/mol. The Kier molecular flexibility index (Phi) is 2.07. The fraction of sp³-hybridized carbons (Fsp3) is 0. The van der Waals surface area contributed by atoms with Gasteiger partial charge in [-0.1, -0.05) is 18.2 Å². The number of nitriles is 1. The Hall–Kier alpha value is -1.66. The van der Waals surface area contributed by atoms with E-state index in [4.69, 9.17) is 5.26 Å². The summed E-state index contributed by atoms with van der Waals surface area (Å²) in [4.78, 5) is 4.16. The van der Waals surface area contributed by atoms with E-state index in [0.717, 1.165) is 11.3 Å². The Morgan fingerprint density at radius 2 is 2.15 bits per heavy atom. The van der Waals surface area contributed by atoms with Gasteiger partial charge < -0.3 is 0 Å². The van der Waals surface area contributed by atoms with Gasteiger partial charge in [0.2, 0.25) is 0 Å². The highest BCUT2D eigenvalue weighted by Crippen LogP contribution is 2.22. The zero-order chi connectivity index (χ0) is 9.10. The van der Waals surface area contributed by atoms with Crippen molar-refractivity contribution >= 4 is 11.3 Å². The number of benzene rings is 1. The van der Waals surface area contributed by atoms with Gasteiger partial charge in [0.15, 0.2) is 0 Å². The highest BCUT2D eigenvalue weighted by atomic mass is 32.1. The summed E-state index contributed by atoms with van der Waals surface area (Å²) < 4.78 is 0. The van der Waals surface area contributed by atoms with Crippen LogP contribution in [0.1, 0.15) is 5.56 Å². The molecule has 0 atom stereocenters. The molecular formula is C10H6N2S. The Labute approximate surface area is 80.1 Å². The van der Waals surface area contributed by atoms with Crippen molar-refractivity contribution < 1.29 is 0 Å². The smallest absolute Gasteiger partial charge is 0.0998 e. The lowest BCUT2D eigenvalue weighted by Crippen LogP contribution is -1.82. The van der Waals surface area contributed by atoms with Crippen LogP contribution in [0.25, 0.3) is 11.3 Å². The van der Waals surface area contributed by atoms with Gasteiger partial charge in [0.25, 0.3) is 0 Å². The lowest BCUT2D eigenvalue weighted by molar-refractivity contribution is 1.39. The molecule has 13 heavy (non-hydrogen) atoms. The second-order valence-electron chi connectivity index (χ2n) is 2.53. The molecule has 0 fully saturated rings. The Morgan fingerprint density at radius 1 is 1.31 bits per heavy atom. The molecule has 2 nitrogen and oxygen atoms in total. The minimum Gasteiger partial charge on any atom is -0.245 e. The van der Waals surface area contributed by atoms with Crippen LogP contribution >= 0.6 is 11.3 Å². The predicted molar refractivity (Wildman–Crippen MR) is 52.3 cm³/mol. The molecular weight excluding hydrogens is 180 g/mol. The van der Waals surface area contributed by atoms with E-state index in [9.17, 15) is 0 Å². The summed E-state index contributed by atoms with van der Waals surface area (Å²) in [7, 11) is 0. The minimum absolute atomic E-state index is 0.674. The summed E-state index contributed by atoms with van der Waals surface area (Å²) >= 11 is 1.53. The van der Waals surface area contributed by atoms with E-state index < -0.39 is 0 Å². The molecule has 62 valence electrons. The van der Waals surface area contributed by atoms with Crippen LogP contribution in [-0.4, -0.2) is 4.98 Å². The van der Waals surface area contributed by atoms with Crippen molar-refractivity contribution in [2.24, 2.45) is 0 Å². The second kappa shape index (κ2) is 3.38. The standard InChI is InChI=1S/C10H6N2S/c11-5-8-3-1-2-4-9(8)10-6-13-7-12-10/h1-4,6-7H. The van der Waals surface area contributed by atoms with Crippen molar-refractivity contribution in [2.75, 3.05) is 0 Å². The van der Waals surface area contributed by atoms with Crippen molar-refractivity contribution in [1.29, 1.82) is 5.26 Å². The van der Waals surface area contributed by atoms with Gasteiger partial charge in [-0.2, -0.15) is 5.26 Å². The lowest BCUT2D eigenvalue weighted by Gasteiger charge is -1.97. The summed E-state index contributed by atoms with van der Waals surface area (Å²) in [5.41, 5.74) is 4.23. The number of thiazole rings is 1. The normalized spacial score (nSPS) is 9.46. The molecule has 2 rings (SSSR count). The molecule has 1 heterocycles. The van der Waals surface area contributed by atoms with Crippen LogP contribution in [0.15, 0.2) is 35.2 Å². The first-order valence-corrected chi connectivity index (χ1v) is 4.74. The van der Waals surface area contributed by atoms with Gasteiger partial charge in [0, 0.05) is 10.9 Å². The molecule has 0 saturated heterocycles. The van der Waals surface area contributed by atoms with E-state index in [0.29, 0.717) is 5.56 Å². The lowest BCUT2D eigenvalue weighted by atomic mass is 10.1. The quantitative estimate of drug-likeness (QED) is 0.686. The molecule has 1 aromatic carbocycles. The zero-order valence-electron chi connectivity index (χ0n) is 6.77. The van der Waals surface area contributed by atoms with Crippen LogP contribution < -0.4 is 0 Å². The van der Waals surface area contributed by atoms with Crippen molar-refractivity contribution in [3.63, 3.8) is 0 Å². The fourth-order valence-corrected chi connectivity index (χ4v) is 1.70. The third-order valence-electron chi connectivity index (χ3n) is 1.76. The van der Waals surface area contributed by atoms with Crippen LogP contribution in [0, 0.1) is 11.3 Å². The van der Waals surface area contributed by atoms with Crippen molar-refractivity contribution in [1.82, 2.24) is 4.98 Å². The fourth-order valence-electron chi connectivity index (χ4n) is 1.15. The molecule has 0 radical (unpaired) electrons. The Balaban J connectivity index is 2.59. The zero-order valence-corrected chi connectivity index (χ0v) is 7.58. The van der Waals surface area contributed by atoms with E-state index in [1.165, 1.54) is 11.3 Å². The van der Waals surface area contributed by atoms with E-state index in [2.05, 4.69) is 11.1 Å². The maximum atomic E-state index is 8.84. The van der Waals surface area contributed by atoms with Crippen LogP contribution in [0.5, 0.6) is 0 Å². The van der Waals surface area contributed by atoms with Gasteiger partial charge in [-0.05, 0) is 6.07 Å². The first-order valence-electron chi connectivity index (χ1n) is 3.79. The van der Waals surface area contributed by atoms with E-state index in [1.54, 1.807) is 11.6 Å². The average molecular weight is 186 g/mol. The summed E-state index contributed by atoms with van der Waals surface area (Å²) in [6.07, 6.45) is 0. The molecule has 0 aliphatic rings. The Bertz CT molecular complexity index is 440. The maximum Gasteiger partial charge on any atom is 0.0998 e. The maximum absolute atomic E-state index is 8.84. The van der Waals surface area contributed by atoms with Crippen LogP contribution in [0.4, 0.5) is 0 Å². The Morgan fingerprint density at radius 3 is 2.85 bits per heavy atom. The van der Waals surface area contributed by atoms with Crippen LogP contribution in [0.3, 0.4) is 0 Å². The van der Waals surface area contributed by atoms with E-state index in [-0.39, 0.29) is 0 Å². The largest absolute Gasteiger partial charge is 0.245 e. The van der Waals surface area contributed by atoms with Gasteiger partial charge in [-0.3, -0.25) is 0 Å². The molecule has 0 spiro atoms. The summed E-state index contributed by atoms with van der Waals surface area (Å²) in [6.45, 7) is 0. The van der Waals surface area contributed by atoms with E-state index in [1.807, 2.05) is 23.6 Å². The SMILES string of the molecule is N#Cc1ccccc1-c1cscn1. The third-order valence-corrected chi connectivity index (χ3v) is 2.34. The molecule has 0 aliphatic carbocycles. The molecule has 0 N–H and O–H groups in total. The first kappa shape index (κ1) is 7.96. The van der Waals surface area contributed by atoms with Crippen molar-refractivity contribution in [2.45, 2.75) is 0 Å². The van der Waals surface area contributed by atoms with Gasteiger partial charge in [0.1, 0.15) is 0 Å². The molecule has 0 aliphatic heterocycles. The van der Waals surface area contributed by atoms with E-state index >= 15 is 0 Å². The minimum atomic E-state index is 0.674. The second-order valence-corrected chi connectivity index (χ2v) is 3.25. The highest BCUT2D eigenvalue weighted by Gasteiger charge is 2.04. The number of rotatable bonds is 1. The molecule has 0 saturated carbocycles. The summed E-state index contributed by atoms with van der Waals surface area (Å²) in [6, 6.07) is 9.63. The third kappa shape index (κ3) is 1.44. The van der Waals surface area contributed by atoms with Gasteiger partial charge in [-0.15, -0.1) is 11.3 Å². The molecule has 1 aromatic heterocycles. The summed E-state index contributed by atoms with van der Waals surface area (Å²) in [5.74, 6) is 0. The molecule has 3 heteroatoms. The molecule has 0 amide bonds. The average Bonchev–Trinajstić information content (AvgIpc) is 2.70. The van der Waals surface area contributed by atoms with Crippen LogP contribution in [0.2, 0.25) is 0 Å². The first-order chi connectivity index (χ1) is 6.42. The molecule has 2 aromatic rings. The number of hydrogen-bond donors (Lipinski definition) is 0. The number of hydrogen-bond acceptors (Lipinski definition) is 3. The van der Waals surface area contributed by atoms with Crippen molar-refractivity contribution in [3.05, 3.63) is 40.7 Å². The van der Waals surface area contributed by atoms with Crippen molar-refractivity contribution in [3.8, 4) is 17.3 Å².